The molecule has 1 aliphatic rings. The highest BCUT2D eigenvalue weighted by Gasteiger charge is 2.24. The minimum atomic E-state index is -0.353. The molecule has 1 aromatic rings. The van der Waals surface area contributed by atoms with Crippen molar-refractivity contribution < 1.29 is 14.6 Å². The van der Waals surface area contributed by atoms with Crippen molar-refractivity contribution in [2.75, 3.05) is 19.8 Å². The Morgan fingerprint density at radius 1 is 1.72 bits per heavy atom. The van der Waals surface area contributed by atoms with Gasteiger partial charge in [-0.3, -0.25) is 4.90 Å². The predicted octanol–water partition coefficient (Wildman–Crippen LogP) is 1.28. The summed E-state index contributed by atoms with van der Waals surface area (Å²) in [6.07, 6.45) is 2.14. The van der Waals surface area contributed by atoms with E-state index in [1.807, 2.05) is 5.38 Å². The summed E-state index contributed by atoms with van der Waals surface area (Å²) in [6.45, 7) is 4.02. The molecule has 0 aromatic carbocycles. The Morgan fingerprint density at radius 3 is 3.28 bits per heavy atom. The van der Waals surface area contributed by atoms with Crippen LogP contribution in [0.3, 0.4) is 0 Å². The summed E-state index contributed by atoms with van der Waals surface area (Å²) in [5.41, 5.74) is 0.878. The lowest BCUT2D eigenvalue weighted by Crippen LogP contribution is -2.31. The minimum absolute atomic E-state index is 0.189. The van der Waals surface area contributed by atoms with Gasteiger partial charge >= 0.3 is 5.97 Å². The maximum Gasteiger partial charge on any atom is 0.367 e. The highest BCUT2D eigenvalue weighted by atomic mass is 32.1. The number of carbonyl (C=O) groups is 1. The number of hydrogen-bond acceptors (Lipinski definition) is 6. The first kappa shape index (κ1) is 13.5. The van der Waals surface area contributed by atoms with E-state index in [0.717, 1.165) is 25.1 Å². The van der Waals surface area contributed by atoms with Crippen molar-refractivity contribution in [3.8, 4) is 0 Å². The van der Waals surface area contributed by atoms with Gasteiger partial charge < -0.3 is 9.84 Å². The van der Waals surface area contributed by atoms with E-state index < -0.39 is 0 Å². The number of rotatable bonds is 5. The van der Waals surface area contributed by atoms with Crippen LogP contribution in [0.25, 0.3) is 0 Å². The average Bonchev–Trinajstić information content (AvgIpc) is 2.99. The van der Waals surface area contributed by atoms with E-state index in [2.05, 4.69) is 9.88 Å². The number of aliphatic hydroxyl groups is 1. The molecule has 100 valence electrons. The van der Waals surface area contributed by atoms with E-state index in [9.17, 15) is 9.90 Å². The second-order valence-corrected chi connectivity index (χ2v) is 5.17. The third-order valence-corrected chi connectivity index (χ3v) is 3.95. The van der Waals surface area contributed by atoms with Crippen molar-refractivity contribution in [3.05, 3.63) is 16.1 Å². The number of ether oxygens (including phenoxy) is 1. The number of thiazole rings is 1. The molecule has 2 heterocycles. The van der Waals surface area contributed by atoms with Gasteiger partial charge in [-0.1, -0.05) is 0 Å². The summed E-state index contributed by atoms with van der Waals surface area (Å²) < 4.78 is 4.91. The molecule has 0 amide bonds. The molecule has 1 aromatic heterocycles. The van der Waals surface area contributed by atoms with Gasteiger partial charge in [-0.2, -0.15) is 0 Å². The number of aliphatic hydroxyl groups excluding tert-OH is 1. The Bertz CT molecular complexity index is 408. The van der Waals surface area contributed by atoms with Crippen LogP contribution in [-0.4, -0.2) is 46.8 Å². The van der Waals surface area contributed by atoms with Gasteiger partial charge in [0.15, 0.2) is 0 Å². The van der Waals surface area contributed by atoms with Gasteiger partial charge in [-0.15, -0.1) is 11.3 Å². The van der Waals surface area contributed by atoms with Crippen molar-refractivity contribution in [2.24, 2.45) is 0 Å². The first-order chi connectivity index (χ1) is 8.74. The van der Waals surface area contributed by atoms with Gasteiger partial charge in [0.25, 0.3) is 0 Å². The van der Waals surface area contributed by atoms with Crippen LogP contribution in [0.1, 0.15) is 35.3 Å². The van der Waals surface area contributed by atoms with Crippen molar-refractivity contribution in [1.82, 2.24) is 9.88 Å². The summed E-state index contributed by atoms with van der Waals surface area (Å²) in [6, 6.07) is 0.234. The fourth-order valence-electron chi connectivity index (χ4n) is 2.18. The van der Waals surface area contributed by atoms with Gasteiger partial charge in [0.2, 0.25) is 5.01 Å². The zero-order valence-corrected chi connectivity index (χ0v) is 11.3. The molecule has 0 saturated carbocycles. The van der Waals surface area contributed by atoms with E-state index in [-0.39, 0.29) is 18.6 Å². The number of hydrogen-bond donors (Lipinski definition) is 1. The number of carbonyl (C=O) groups excluding carboxylic acids is 1. The van der Waals surface area contributed by atoms with E-state index in [1.165, 1.54) is 11.3 Å². The molecule has 2 rings (SSSR count). The Balaban J connectivity index is 1.96. The van der Waals surface area contributed by atoms with Crippen molar-refractivity contribution in [1.29, 1.82) is 0 Å². The van der Waals surface area contributed by atoms with Gasteiger partial charge in [0.05, 0.1) is 18.9 Å². The SMILES string of the molecule is CCOC(=O)c1nc(CN2CCC[C@@H]2CO)cs1. The Hall–Kier alpha value is -0.980. The van der Waals surface area contributed by atoms with Crippen molar-refractivity contribution in [3.63, 3.8) is 0 Å². The normalized spacial score (nSPS) is 20.2. The van der Waals surface area contributed by atoms with E-state index in [1.54, 1.807) is 6.92 Å². The van der Waals surface area contributed by atoms with Gasteiger partial charge in [-0.05, 0) is 26.3 Å². The second kappa shape index (κ2) is 6.26. The van der Waals surface area contributed by atoms with Gasteiger partial charge in [0.1, 0.15) is 0 Å². The lowest BCUT2D eigenvalue weighted by molar-refractivity contribution is 0.0525. The largest absolute Gasteiger partial charge is 0.461 e. The first-order valence-corrected chi connectivity index (χ1v) is 7.09. The molecule has 1 aliphatic heterocycles. The quantitative estimate of drug-likeness (QED) is 0.817. The highest BCUT2D eigenvalue weighted by Crippen LogP contribution is 2.20. The maximum atomic E-state index is 11.5. The molecule has 0 aliphatic carbocycles. The Labute approximate surface area is 110 Å². The molecule has 0 bridgehead atoms. The number of aromatic nitrogens is 1. The van der Waals surface area contributed by atoms with Gasteiger partial charge in [-0.25, -0.2) is 9.78 Å². The Kier molecular flexibility index (Phi) is 4.68. The van der Waals surface area contributed by atoms with Crippen LogP contribution in [0.5, 0.6) is 0 Å². The van der Waals surface area contributed by atoms with Crippen LogP contribution in [0, 0.1) is 0 Å². The third kappa shape index (κ3) is 3.07. The zero-order chi connectivity index (χ0) is 13.0. The van der Waals surface area contributed by atoms with Gasteiger partial charge in [0, 0.05) is 18.0 Å². The van der Waals surface area contributed by atoms with E-state index >= 15 is 0 Å². The summed E-state index contributed by atoms with van der Waals surface area (Å²) in [5.74, 6) is -0.353. The number of likely N-dealkylation sites (tertiary alicyclic amines) is 1. The lowest BCUT2D eigenvalue weighted by Gasteiger charge is -2.21. The molecule has 1 fully saturated rings. The van der Waals surface area contributed by atoms with Crippen LogP contribution in [0.2, 0.25) is 0 Å². The van der Waals surface area contributed by atoms with E-state index in [0.29, 0.717) is 18.2 Å². The lowest BCUT2D eigenvalue weighted by atomic mass is 10.2. The molecule has 6 heteroatoms. The zero-order valence-electron chi connectivity index (χ0n) is 10.5. The first-order valence-electron chi connectivity index (χ1n) is 6.21. The standard InChI is InChI=1S/C12H18N2O3S/c1-2-17-12(16)11-13-9(8-18-11)6-14-5-3-4-10(14)7-15/h8,10,15H,2-7H2,1H3/t10-/m1/s1. The number of esters is 1. The highest BCUT2D eigenvalue weighted by molar-refractivity contribution is 7.11. The van der Waals surface area contributed by atoms with Crippen LogP contribution in [-0.2, 0) is 11.3 Å². The van der Waals surface area contributed by atoms with Crippen LogP contribution < -0.4 is 0 Å². The fourth-order valence-corrected chi connectivity index (χ4v) is 2.88. The number of nitrogens with zero attached hydrogens (tertiary/aromatic N) is 2. The fraction of sp³-hybridized carbons (Fsp3) is 0.667. The monoisotopic (exact) mass is 270 g/mol. The van der Waals surface area contributed by atoms with Crippen LogP contribution in [0.15, 0.2) is 5.38 Å². The predicted molar refractivity (Wildman–Crippen MR) is 68.6 cm³/mol. The summed E-state index contributed by atoms with van der Waals surface area (Å²) in [5, 5.41) is 11.5. The topological polar surface area (TPSA) is 62.7 Å². The molecule has 1 atom stereocenters. The molecular formula is C12H18N2O3S. The second-order valence-electron chi connectivity index (χ2n) is 4.31. The van der Waals surface area contributed by atoms with E-state index in [4.69, 9.17) is 4.74 Å². The molecule has 0 spiro atoms. The molecule has 1 saturated heterocycles. The molecule has 5 nitrogen and oxygen atoms in total. The molecule has 18 heavy (non-hydrogen) atoms. The third-order valence-electron chi connectivity index (χ3n) is 3.08. The van der Waals surface area contributed by atoms with Crippen LogP contribution in [0.4, 0.5) is 0 Å². The summed E-state index contributed by atoms with van der Waals surface area (Å²) in [4.78, 5) is 18.0. The van der Waals surface area contributed by atoms with Crippen LogP contribution >= 0.6 is 11.3 Å². The average molecular weight is 270 g/mol. The molecule has 0 radical (unpaired) electrons. The van der Waals surface area contributed by atoms with Crippen molar-refractivity contribution in [2.45, 2.75) is 32.4 Å². The van der Waals surface area contributed by atoms with Crippen molar-refractivity contribution >= 4 is 17.3 Å². The molecular weight excluding hydrogens is 252 g/mol. The summed E-state index contributed by atoms with van der Waals surface area (Å²) in [7, 11) is 0. The Morgan fingerprint density at radius 2 is 2.56 bits per heavy atom. The minimum Gasteiger partial charge on any atom is -0.461 e. The molecule has 1 N–H and O–H groups in total. The molecule has 0 unspecified atom stereocenters. The smallest absolute Gasteiger partial charge is 0.367 e. The maximum absolute atomic E-state index is 11.5. The summed E-state index contributed by atoms with van der Waals surface area (Å²) >= 11 is 1.31.